The molecule has 4 aromatic rings. The average Bonchev–Trinajstić information content (AvgIpc) is 3.43. The van der Waals surface area contributed by atoms with Crippen LogP contribution in [0.15, 0.2) is 66.7 Å². The van der Waals surface area contributed by atoms with Gasteiger partial charge in [0.05, 0.1) is 30.7 Å². The fourth-order valence-electron chi connectivity index (χ4n) is 4.48. The molecule has 0 unspecified atom stereocenters. The van der Waals surface area contributed by atoms with Gasteiger partial charge >= 0.3 is 16.2 Å². The van der Waals surface area contributed by atoms with Crippen molar-refractivity contribution in [3.8, 4) is 11.4 Å². The third-order valence-corrected chi connectivity index (χ3v) is 7.91. The zero-order valence-corrected chi connectivity index (χ0v) is 23.4. The van der Waals surface area contributed by atoms with E-state index >= 15 is 0 Å². The maximum Gasteiger partial charge on any atom is 0.324 e. The number of benzene rings is 3. The van der Waals surface area contributed by atoms with Crippen molar-refractivity contribution < 1.29 is 22.7 Å². The first-order chi connectivity index (χ1) is 18.9. The van der Waals surface area contributed by atoms with E-state index in [4.69, 9.17) is 9.84 Å². The summed E-state index contributed by atoms with van der Waals surface area (Å²) in [5.41, 5.74) is 2.34. The maximum absolute atomic E-state index is 13.2. The molecule has 0 spiro atoms. The van der Waals surface area contributed by atoms with E-state index in [9.17, 15) is 18.0 Å². The number of ether oxygens (including phenoxy) is 1. The standard InChI is InChI=1S/C28H30N6O5S/c1-28(2,3)24-15-25(30-27(36)29-22-12-13-23(39-4)21-11-6-5-10-20(21)22)34(31-24)19-9-7-8-18(14-19)16-33-17-26(35)32-40(33,37)38/h5-15H,16-17H2,1-4H3,(H,32,35)(H2,29,30,36). The second kappa shape index (κ2) is 10.3. The number of nitrogens with zero attached hydrogens (tertiary/aromatic N) is 3. The largest absolute Gasteiger partial charge is 0.496 e. The van der Waals surface area contributed by atoms with Crippen molar-refractivity contribution in [2.45, 2.75) is 32.7 Å². The van der Waals surface area contributed by atoms with Gasteiger partial charge in [0, 0.05) is 28.8 Å². The van der Waals surface area contributed by atoms with Gasteiger partial charge in [-0.1, -0.05) is 57.2 Å². The minimum atomic E-state index is -3.86. The van der Waals surface area contributed by atoms with Crippen LogP contribution < -0.4 is 20.1 Å². The molecule has 12 heteroatoms. The van der Waals surface area contributed by atoms with E-state index in [1.807, 2.05) is 61.9 Å². The number of carbonyl (C=O) groups is 2. The highest BCUT2D eigenvalue weighted by Crippen LogP contribution is 2.32. The highest BCUT2D eigenvalue weighted by atomic mass is 32.2. The number of methoxy groups -OCH3 is 1. The Balaban J connectivity index is 1.44. The molecule has 3 aromatic carbocycles. The zero-order chi connectivity index (χ0) is 28.7. The van der Waals surface area contributed by atoms with Gasteiger partial charge in [0.2, 0.25) is 5.91 Å². The number of aromatic nitrogens is 2. The first kappa shape index (κ1) is 27.2. The van der Waals surface area contributed by atoms with Crippen LogP contribution in [0.25, 0.3) is 16.5 Å². The molecule has 0 radical (unpaired) electrons. The normalized spacial score (nSPS) is 15.2. The van der Waals surface area contributed by atoms with Gasteiger partial charge in [-0.25, -0.2) is 14.2 Å². The molecule has 0 saturated carbocycles. The molecule has 1 aromatic heterocycles. The van der Waals surface area contributed by atoms with E-state index in [1.165, 1.54) is 0 Å². The van der Waals surface area contributed by atoms with Crippen molar-refractivity contribution >= 4 is 44.4 Å². The lowest BCUT2D eigenvalue weighted by molar-refractivity contribution is -0.118. The first-order valence-electron chi connectivity index (χ1n) is 12.6. The Morgan fingerprint density at radius 1 is 1.02 bits per heavy atom. The molecule has 0 atom stereocenters. The van der Waals surface area contributed by atoms with E-state index in [0.717, 1.165) is 20.8 Å². The fraction of sp³-hybridized carbons (Fsp3) is 0.250. The summed E-state index contributed by atoms with van der Waals surface area (Å²) >= 11 is 0. The topological polar surface area (TPSA) is 135 Å². The molecule has 5 rings (SSSR count). The monoisotopic (exact) mass is 562 g/mol. The lowest BCUT2D eigenvalue weighted by Crippen LogP contribution is -2.29. The summed E-state index contributed by atoms with van der Waals surface area (Å²) in [4.78, 5) is 24.8. The van der Waals surface area contributed by atoms with Crippen molar-refractivity contribution in [3.63, 3.8) is 0 Å². The number of hydrogen-bond acceptors (Lipinski definition) is 6. The number of urea groups is 1. The average molecular weight is 563 g/mol. The summed E-state index contributed by atoms with van der Waals surface area (Å²) in [7, 11) is -2.26. The molecule has 0 bridgehead atoms. The summed E-state index contributed by atoms with van der Waals surface area (Å²) in [5, 5.41) is 12.3. The highest BCUT2D eigenvalue weighted by Gasteiger charge is 2.33. The molecular formula is C28H30N6O5S. The van der Waals surface area contributed by atoms with Crippen molar-refractivity contribution in [1.82, 2.24) is 18.8 Å². The van der Waals surface area contributed by atoms with Crippen molar-refractivity contribution in [1.29, 1.82) is 0 Å². The van der Waals surface area contributed by atoms with Gasteiger partial charge in [-0.15, -0.1) is 0 Å². The van der Waals surface area contributed by atoms with Gasteiger partial charge in [0.25, 0.3) is 0 Å². The maximum atomic E-state index is 13.2. The second-order valence-electron chi connectivity index (χ2n) is 10.5. The molecule has 3 N–H and O–H groups in total. The van der Waals surface area contributed by atoms with Gasteiger partial charge in [-0.2, -0.15) is 17.8 Å². The molecule has 1 saturated heterocycles. The number of nitrogens with one attached hydrogen (secondary N) is 3. The molecule has 1 aliphatic heterocycles. The Hall–Kier alpha value is -4.42. The molecule has 1 fully saturated rings. The lowest BCUT2D eigenvalue weighted by atomic mass is 9.92. The summed E-state index contributed by atoms with van der Waals surface area (Å²) < 4.78 is 34.5. The quantitative estimate of drug-likeness (QED) is 0.323. The fourth-order valence-corrected chi connectivity index (χ4v) is 5.57. The second-order valence-corrected chi connectivity index (χ2v) is 12.2. The molecule has 2 heterocycles. The van der Waals surface area contributed by atoms with Crippen LogP contribution in [0.3, 0.4) is 0 Å². The van der Waals surface area contributed by atoms with Crippen molar-refractivity contribution in [3.05, 3.63) is 78.0 Å². The van der Waals surface area contributed by atoms with Crippen LogP contribution in [-0.2, 0) is 27.0 Å². The Labute approximate surface area is 232 Å². The summed E-state index contributed by atoms with van der Waals surface area (Å²) in [5.74, 6) is 0.569. The third kappa shape index (κ3) is 5.49. The number of carbonyl (C=O) groups excluding carboxylic acids is 2. The van der Waals surface area contributed by atoms with Crippen LogP contribution in [0.5, 0.6) is 5.75 Å². The van der Waals surface area contributed by atoms with Crippen LogP contribution in [0, 0.1) is 0 Å². The van der Waals surface area contributed by atoms with Gasteiger partial charge in [0.15, 0.2) is 0 Å². The smallest absolute Gasteiger partial charge is 0.324 e. The Bertz CT molecular complexity index is 1720. The SMILES string of the molecule is COc1ccc(NC(=O)Nc2cc(C(C)(C)C)nn2-c2cccc(CN3CC(=O)NS3(=O)=O)c2)c2ccccc12. The predicted molar refractivity (Wildman–Crippen MR) is 153 cm³/mol. The molecule has 208 valence electrons. The molecular weight excluding hydrogens is 532 g/mol. The number of anilines is 2. The third-order valence-electron chi connectivity index (χ3n) is 6.49. The van der Waals surface area contributed by atoms with Gasteiger partial charge < -0.3 is 10.1 Å². The molecule has 1 aliphatic rings. The summed E-state index contributed by atoms with van der Waals surface area (Å²) in [6.45, 7) is 5.83. The molecule has 11 nitrogen and oxygen atoms in total. The Kier molecular flexibility index (Phi) is 6.98. The minimum absolute atomic E-state index is 0.0100. The van der Waals surface area contributed by atoms with Crippen molar-refractivity contribution in [2.24, 2.45) is 0 Å². The van der Waals surface area contributed by atoms with E-state index in [0.29, 0.717) is 28.5 Å². The van der Waals surface area contributed by atoms with Crippen LogP contribution >= 0.6 is 0 Å². The van der Waals surface area contributed by atoms with Gasteiger partial charge in [-0.3, -0.25) is 10.1 Å². The summed E-state index contributed by atoms with van der Waals surface area (Å²) in [6.07, 6.45) is 0. The van der Waals surface area contributed by atoms with E-state index in [1.54, 1.807) is 42.1 Å². The molecule has 3 amide bonds. The summed E-state index contributed by atoms with van der Waals surface area (Å²) in [6, 6.07) is 19.7. The Morgan fingerprint density at radius 2 is 1.77 bits per heavy atom. The number of fused-ring (bicyclic) bond motifs is 1. The van der Waals surface area contributed by atoms with Crippen molar-refractivity contribution in [2.75, 3.05) is 24.3 Å². The van der Waals surface area contributed by atoms with Gasteiger partial charge in [0.1, 0.15) is 11.6 Å². The highest BCUT2D eigenvalue weighted by molar-refractivity contribution is 7.88. The predicted octanol–water partition coefficient (Wildman–Crippen LogP) is 4.15. The Morgan fingerprint density at radius 3 is 2.45 bits per heavy atom. The molecule has 40 heavy (non-hydrogen) atoms. The van der Waals surface area contributed by atoms with E-state index in [-0.39, 0.29) is 18.5 Å². The number of hydrogen-bond donors (Lipinski definition) is 3. The van der Waals surface area contributed by atoms with Crippen LogP contribution in [0.4, 0.5) is 16.3 Å². The van der Waals surface area contributed by atoms with Crippen LogP contribution in [0.1, 0.15) is 32.0 Å². The zero-order valence-electron chi connectivity index (χ0n) is 22.6. The minimum Gasteiger partial charge on any atom is -0.496 e. The van der Waals surface area contributed by atoms with E-state index < -0.39 is 22.1 Å². The molecule has 0 aliphatic carbocycles. The van der Waals surface area contributed by atoms with Crippen LogP contribution in [-0.4, -0.2) is 48.1 Å². The van der Waals surface area contributed by atoms with Gasteiger partial charge in [-0.05, 0) is 29.8 Å². The number of amides is 3. The number of rotatable bonds is 6. The van der Waals surface area contributed by atoms with Crippen LogP contribution in [0.2, 0.25) is 0 Å². The lowest BCUT2D eigenvalue weighted by Gasteiger charge is -2.15. The van der Waals surface area contributed by atoms with E-state index in [2.05, 4.69) is 10.6 Å². The first-order valence-corrected chi connectivity index (χ1v) is 14.0.